The maximum atomic E-state index is 3.95. The van der Waals surface area contributed by atoms with Gasteiger partial charge in [0.05, 0.1) is 0 Å². The van der Waals surface area contributed by atoms with Crippen LogP contribution in [-0.2, 0) is 0 Å². The molecule has 2 fully saturated rings. The Balaban J connectivity index is 1.73. The monoisotopic (exact) mass is 310 g/mol. The molecule has 0 aromatic heterocycles. The predicted molar refractivity (Wildman–Crippen MR) is 101 cm³/mol. The summed E-state index contributed by atoms with van der Waals surface area (Å²) in [4.78, 5) is 0. The van der Waals surface area contributed by atoms with Crippen LogP contribution >= 0.6 is 0 Å². The molecular formula is C24H22. The smallest absolute Gasteiger partial charge is 0.0209 e. The van der Waals surface area contributed by atoms with Crippen LogP contribution in [0.2, 0.25) is 0 Å². The fourth-order valence-electron chi connectivity index (χ4n) is 4.16. The van der Waals surface area contributed by atoms with E-state index in [9.17, 15) is 0 Å². The van der Waals surface area contributed by atoms with E-state index in [-0.39, 0.29) is 5.41 Å². The van der Waals surface area contributed by atoms with Crippen molar-refractivity contribution in [2.45, 2.75) is 19.8 Å². The third-order valence-corrected chi connectivity index (χ3v) is 5.38. The summed E-state index contributed by atoms with van der Waals surface area (Å²) in [5.74, 6) is 8.34. The molecule has 4 aliphatic carbocycles. The van der Waals surface area contributed by atoms with Crippen molar-refractivity contribution in [1.29, 1.82) is 0 Å². The molecule has 0 spiro atoms. The third kappa shape index (κ3) is 2.50. The van der Waals surface area contributed by atoms with Crippen LogP contribution in [0.15, 0.2) is 61.3 Å². The molecule has 0 N–H and O–H groups in total. The van der Waals surface area contributed by atoms with Gasteiger partial charge in [-0.1, -0.05) is 61.6 Å². The second kappa shape index (κ2) is 6.54. The van der Waals surface area contributed by atoms with Gasteiger partial charge in [-0.05, 0) is 49.9 Å². The average molecular weight is 310 g/mol. The molecule has 0 aromatic rings. The molecule has 4 rings (SSSR count). The summed E-state index contributed by atoms with van der Waals surface area (Å²) in [6, 6.07) is 0. The molecule has 0 nitrogen and oxygen atoms in total. The maximum Gasteiger partial charge on any atom is 0.0209 e. The Bertz CT molecular complexity index is 549. The van der Waals surface area contributed by atoms with Crippen LogP contribution in [-0.4, -0.2) is 0 Å². The average Bonchev–Trinajstić information content (AvgIpc) is 3.26. The normalized spacial score (nSPS) is 28.4. The first kappa shape index (κ1) is 16.2. The van der Waals surface area contributed by atoms with E-state index in [0.29, 0.717) is 0 Å². The van der Waals surface area contributed by atoms with Crippen LogP contribution < -0.4 is 0 Å². The molecule has 0 amide bonds. The highest BCUT2D eigenvalue weighted by Gasteiger charge is 2.58. The number of hydrogen-bond donors (Lipinski definition) is 0. The van der Waals surface area contributed by atoms with Gasteiger partial charge in [-0.15, -0.1) is 6.58 Å². The van der Waals surface area contributed by atoms with Crippen molar-refractivity contribution < 1.29 is 0 Å². The van der Waals surface area contributed by atoms with Crippen molar-refractivity contribution in [1.82, 2.24) is 0 Å². The van der Waals surface area contributed by atoms with Crippen molar-refractivity contribution in [3.05, 3.63) is 122 Å². The van der Waals surface area contributed by atoms with Gasteiger partial charge in [0, 0.05) is 29.6 Å². The van der Waals surface area contributed by atoms with E-state index in [1.807, 2.05) is 6.08 Å². The highest BCUT2D eigenvalue weighted by atomic mass is 14.6. The van der Waals surface area contributed by atoms with Gasteiger partial charge >= 0.3 is 0 Å². The number of allylic oxidation sites excluding steroid dienone is 9. The lowest BCUT2D eigenvalue weighted by Crippen LogP contribution is -2.36. The summed E-state index contributed by atoms with van der Waals surface area (Å²) in [6.07, 6.45) is 30.6. The van der Waals surface area contributed by atoms with Crippen LogP contribution in [0, 0.1) is 66.6 Å². The molecule has 0 heterocycles. The van der Waals surface area contributed by atoms with Gasteiger partial charge in [-0.3, -0.25) is 0 Å². The fraction of sp³-hybridized carbons (Fsp3) is 0.167. The summed E-state index contributed by atoms with van der Waals surface area (Å²) in [5.41, 5.74) is -0.0135. The molecule has 1 unspecified atom stereocenters. The zero-order valence-electron chi connectivity index (χ0n) is 14.1. The summed E-state index contributed by atoms with van der Waals surface area (Å²) < 4.78 is 0. The third-order valence-electron chi connectivity index (χ3n) is 5.38. The second-order valence-electron chi connectivity index (χ2n) is 6.80. The van der Waals surface area contributed by atoms with Gasteiger partial charge in [-0.2, -0.15) is 0 Å². The van der Waals surface area contributed by atoms with E-state index in [1.165, 1.54) is 35.5 Å². The van der Waals surface area contributed by atoms with Crippen molar-refractivity contribution in [3.63, 3.8) is 0 Å². The van der Waals surface area contributed by atoms with E-state index in [2.05, 4.69) is 87.8 Å². The summed E-state index contributed by atoms with van der Waals surface area (Å²) in [7, 11) is 0. The van der Waals surface area contributed by atoms with E-state index in [4.69, 9.17) is 0 Å². The van der Waals surface area contributed by atoms with Gasteiger partial charge in [0.25, 0.3) is 0 Å². The molecule has 2 saturated carbocycles. The molecule has 24 heavy (non-hydrogen) atoms. The van der Waals surface area contributed by atoms with Gasteiger partial charge in [-0.25, -0.2) is 0 Å². The summed E-state index contributed by atoms with van der Waals surface area (Å²) in [5, 5.41) is 0. The largest absolute Gasteiger partial charge is 0.103 e. The molecule has 10 radical (unpaired) electrons. The first-order chi connectivity index (χ1) is 11.8. The Morgan fingerprint density at radius 3 is 1.83 bits per heavy atom. The van der Waals surface area contributed by atoms with Crippen molar-refractivity contribution in [3.8, 4) is 0 Å². The zero-order valence-corrected chi connectivity index (χ0v) is 14.1. The SMILES string of the molecule is C=CCCC(C)([C]1[CH][CH][CH][CH]1)[C]1[C]2C=CC=C[C]2[C]2C=CC=C[C]21. The van der Waals surface area contributed by atoms with Crippen molar-refractivity contribution in [2.75, 3.05) is 0 Å². The highest BCUT2D eigenvalue weighted by molar-refractivity contribution is 5.78. The zero-order chi connectivity index (χ0) is 16.6. The topological polar surface area (TPSA) is 0 Å². The van der Waals surface area contributed by atoms with Gasteiger partial charge in [0.15, 0.2) is 0 Å². The second-order valence-corrected chi connectivity index (χ2v) is 6.80. The molecule has 0 saturated heterocycles. The predicted octanol–water partition coefficient (Wildman–Crippen LogP) is 5.50. The van der Waals surface area contributed by atoms with E-state index >= 15 is 0 Å². The van der Waals surface area contributed by atoms with Crippen LogP contribution in [0.5, 0.6) is 0 Å². The highest BCUT2D eigenvalue weighted by Crippen LogP contribution is 2.66. The first-order valence-electron chi connectivity index (χ1n) is 8.65. The number of hydrogen-bond acceptors (Lipinski definition) is 0. The molecular weight excluding hydrogens is 288 g/mol. The fourth-order valence-corrected chi connectivity index (χ4v) is 4.16. The lowest BCUT2D eigenvalue weighted by molar-refractivity contribution is 0.364. The van der Waals surface area contributed by atoms with Crippen LogP contribution in [0.25, 0.3) is 0 Å². The summed E-state index contributed by atoms with van der Waals surface area (Å²) >= 11 is 0. The standard InChI is InChI=1S/C24H22/c1-3-4-17-24(2,18-11-5-6-12-18)23-21-15-9-7-13-19(21)20-14-8-10-16-22(20)23/h3,5-16H,1,4,17H2,2H3. The molecule has 118 valence electrons. The van der Waals surface area contributed by atoms with Crippen LogP contribution in [0.4, 0.5) is 0 Å². The lowest BCUT2D eigenvalue weighted by atomic mass is 9.58. The molecule has 0 aliphatic heterocycles. The van der Waals surface area contributed by atoms with Gasteiger partial charge in [0.2, 0.25) is 0 Å². The molecule has 4 aliphatic rings. The number of fused-ring (bicyclic) bond motifs is 3. The minimum atomic E-state index is -0.0135. The van der Waals surface area contributed by atoms with Crippen LogP contribution in [0.1, 0.15) is 19.8 Å². The van der Waals surface area contributed by atoms with Crippen LogP contribution in [0.3, 0.4) is 0 Å². The first-order valence-corrected chi connectivity index (χ1v) is 8.65. The Kier molecular flexibility index (Phi) is 4.41. The van der Waals surface area contributed by atoms with E-state index < -0.39 is 0 Å². The number of rotatable bonds is 5. The molecule has 1 atom stereocenters. The van der Waals surface area contributed by atoms with E-state index in [0.717, 1.165) is 12.8 Å². The Morgan fingerprint density at radius 2 is 1.33 bits per heavy atom. The minimum Gasteiger partial charge on any atom is -0.103 e. The molecule has 0 aromatic carbocycles. The molecule has 0 bridgehead atoms. The minimum absolute atomic E-state index is 0.0135. The summed E-state index contributed by atoms with van der Waals surface area (Å²) in [6.45, 7) is 6.34. The lowest BCUT2D eigenvalue weighted by Gasteiger charge is -2.44. The van der Waals surface area contributed by atoms with E-state index in [1.54, 1.807) is 0 Å². The Labute approximate surface area is 148 Å². The van der Waals surface area contributed by atoms with Crippen molar-refractivity contribution in [2.24, 2.45) is 5.41 Å². The quantitative estimate of drug-likeness (QED) is 0.588. The molecule has 0 heteroatoms. The Morgan fingerprint density at radius 1 is 0.833 bits per heavy atom. The van der Waals surface area contributed by atoms with Gasteiger partial charge in [0.1, 0.15) is 0 Å². The maximum absolute atomic E-state index is 3.95. The van der Waals surface area contributed by atoms with Crippen molar-refractivity contribution >= 4 is 0 Å². The Hall–Kier alpha value is -1.30. The van der Waals surface area contributed by atoms with Gasteiger partial charge < -0.3 is 0 Å².